The van der Waals surface area contributed by atoms with Gasteiger partial charge in [-0.25, -0.2) is 0 Å². The Morgan fingerprint density at radius 1 is 0.792 bits per heavy atom. The summed E-state index contributed by atoms with van der Waals surface area (Å²) in [6.45, 7) is 1.62. The topological polar surface area (TPSA) is 22.0 Å². The first-order valence-electron chi connectivity index (χ1n) is 7.65. The Balaban J connectivity index is 2.03. The third-order valence-electron chi connectivity index (χ3n) is 3.95. The van der Waals surface area contributed by atoms with Crippen LogP contribution in [0.1, 0.15) is 17.3 Å². The summed E-state index contributed by atoms with van der Waals surface area (Å²) in [6, 6.07) is 20.4. The summed E-state index contributed by atoms with van der Waals surface area (Å²) in [5.41, 5.74) is 3.90. The molecule has 0 bridgehead atoms. The molecule has 0 N–H and O–H groups in total. The minimum atomic E-state index is 0.0774. The van der Waals surface area contributed by atoms with Crippen molar-refractivity contribution in [2.75, 3.05) is 0 Å². The molecule has 4 aromatic rings. The van der Waals surface area contributed by atoms with E-state index < -0.39 is 0 Å². The molecule has 0 saturated carbocycles. The van der Waals surface area contributed by atoms with Gasteiger partial charge in [-0.15, -0.1) is 22.7 Å². The van der Waals surface area contributed by atoms with E-state index >= 15 is 0 Å². The van der Waals surface area contributed by atoms with Crippen molar-refractivity contribution in [1.29, 1.82) is 0 Å². The second kappa shape index (κ2) is 6.23. The number of nitrogens with zero attached hydrogens (tertiary/aromatic N) is 1. The fraction of sp³-hybridized carbons (Fsp3) is 0.0500. The highest BCUT2D eigenvalue weighted by molar-refractivity contribution is 7.14. The summed E-state index contributed by atoms with van der Waals surface area (Å²) in [7, 11) is 0. The molecular weight excluding hydrogens is 334 g/mol. The van der Waals surface area contributed by atoms with Gasteiger partial charge in [-0.1, -0.05) is 24.3 Å². The lowest BCUT2D eigenvalue weighted by atomic mass is 10.1. The molecule has 0 aliphatic carbocycles. The van der Waals surface area contributed by atoms with E-state index in [2.05, 4.69) is 51.7 Å². The van der Waals surface area contributed by atoms with Crippen molar-refractivity contribution in [1.82, 2.24) is 4.57 Å². The Bertz CT molecular complexity index is 927. The van der Waals surface area contributed by atoms with Crippen molar-refractivity contribution >= 4 is 28.5 Å². The van der Waals surface area contributed by atoms with E-state index in [1.54, 1.807) is 29.6 Å². The number of benzene rings is 1. The number of thiophene rings is 2. The largest absolute Gasteiger partial charge is 0.307 e. The van der Waals surface area contributed by atoms with Gasteiger partial charge >= 0.3 is 0 Å². The lowest BCUT2D eigenvalue weighted by Gasteiger charge is -2.15. The van der Waals surface area contributed by atoms with Crippen molar-refractivity contribution in [3.8, 4) is 26.8 Å². The van der Waals surface area contributed by atoms with Gasteiger partial charge in [-0.2, -0.15) is 0 Å². The van der Waals surface area contributed by atoms with E-state index in [9.17, 15) is 4.79 Å². The van der Waals surface area contributed by atoms with Crippen LogP contribution in [-0.4, -0.2) is 10.4 Å². The number of rotatable bonds is 4. The number of ketones is 1. The number of carbonyl (C=O) groups excluding carboxylic acids is 1. The maximum absolute atomic E-state index is 12.1. The van der Waals surface area contributed by atoms with Gasteiger partial charge in [0.15, 0.2) is 5.78 Å². The average molecular weight is 349 g/mol. The summed E-state index contributed by atoms with van der Waals surface area (Å²) >= 11 is 3.41. The summed E-state index contributed by atoms with van der Waals surface area (Å²) in [5.74, 6) is 0.0774. The number of Topliss-reactive ketones (excluding diaryl/α,β-unsaturated/α-hetero) is 1. The van der Waals surface area contributed by atoms with Gasteiger partial charge in [0, 0.05) is 5.56 Å². The van der Waals surface area contributed by atoms with Gasteiger partial charge in [-0.05, 0) is 54.1 Å². The smallest absolute Gasteiger partial charge is 0.161 e. The molecule has 2 nitrogen and oxygen atoms in total. The lowest BCUT2D eigenvalue weighted by molar-refractivity contribution is 0.101. The van der Waals surface area contributed by atoms with Crippen molar-refractivity contribution in [2.45, 2.75) is 6.92 Å². The minimum absolute atomic E-state index is 0.0774. The molecule has 0 aliphatic heterocycles. The molecular formula is C20H15NOS2. The lowest BCUT2D eigenvalue weighted by Crippen LogP contribution is -2.05. The molecule has 4 heteroatoms. The van der Waals surface area contributed by atoms with Crippen LogP contribution in [0.2, 0.25) is 0 Å². The summed E-state index contributed by atoms with van der Waals surface area (Å²) in [5, 5.41) is 4.16. The number of aromatic nitrogens is 1. The van der Waals surface area contributed by atoms with Gasteiger partial charge < -0.3 is 4.57 Å². The molecule has 1 aromatic carbocycles. The van der Waals surface area contributed by atoms with Gasteiger partial charge in [0.05, 0.1) is 26.8 Å². The standard InChI is InChI=1S/C20H15NOS2/c1-14(22)15-6-2-3-7-16(15)21-17(19-8-4-12-23-19)10-11-18(21)20-9-5-13-24-20/h2-13H,1H3. The van der Waals surface area contributed by atoms with E-state index in [-0.39, 0.29) is 5.78 Å². The van der Waals surface area contributed by atoms with Crippen molar-refractivity contribution in [2.24, 2.45) is 0 Å². The third-order valence-corrected chi connectivity index (χ3v) is 5.74. The molecule has 118 valence electrons. The van der Waals surface area contributed by atoms with Gasteiger partial charge in [0.25, 0.3) is 0 Å². The minimum Gasteiger partial charge on any atom is -0.307 e. The molecule has 0 radical (unpaired) electrons. The zero-order chi connectivity index (χ0) is 16.5. The van der Waals surface area contributed by atoms with Gasteiger partial charge in [-0.3, -0.25) is 4.79 Å². The molecule has 3 aromatic heterocycles. The number of para-hydroxylation sites is 1. The van der Waals surface area contributed by atoms with Crippen LogP contribution in [0.3, 0.4) is 0 Å². The fourth-order valence-electron chi connectivity index (χ4n) is 2.90. The molecule has 0 unspecified atom stereocenters. The van der Waals surface area contributed by atoms with Crippen LogP contribution in [-0.2, 0) is 0 Å². The van der Waals surface area contributed by atoms with Crippen LogP contribution in [0.15, 0.2) is 71.4 Å². The van der Waals surface area contributed by atoms with Crippen LogP contribution in [0.4, 0.5) is 0 Å². The summed E-state index contributed by atoms with van der Waals surface area (Å²) < 4.78 is 2.20. The van der Waals surface area contributed by atoms with Crippen LogP contribution >= 0.6 is 22.7 Å². The first-order chi connectivity index (χ1) is 11.8. The number of hydrogen-bond donors (Lipinski definition) is 0. The monoisotopic (exact) mass is 349 g/mol. The van der Waals surface area contributed by atoms with Crippen LogP contribution in [0, 0.1) is 0 Å². The van der Waals surface area contributed by atoms with Gasteiger partial charge in [0.1, 0.15) is 0 Å². The zero-order valence-electron chi connectivity index (χ0n) is 13.1. The summed E-state index contributed by atoms with van der Waals surface area (Å²) in [4.78, 5) is 14.5. The zero-order valence-corrected chi connectivity index (χ0v) is 14.7. The summed E-state index contributed by atoms with van der Waals surface area (Å²) in [6.07, 6.45) is 0. The predicted octanol–water partition coefficient (Wildman–Crippen LogP) is 6.14. The number of carbonyl (C=O) groups is 1. The Morgan fingerprint density at radius 2 is 1.38 bits per heavy atom. The Labute approximate surface area is 148 Å². The highest BCUT2D eigenvalue weighted by Gasteiger charge is 2.18. The quantitative estimate of drug-likeness (QED) is 0.406. The van der Waals surface area contributed by atoms with E-state index in [0.717, 1.165) is 22.6 Å². The van der Waals surface area contributed by atoms with E-state index in [0.29, 0.717) is 0 Å². The second-order valence-electron chi connectivity index (χ2n) is 5.47. The Hall–Kier alpha value is -2.43. The highest BCUT2D eigenvalue weighted by Crippen LogP contribution is 2.36. The Kier molecular flexibility index (Phi) is 3.92. The molecule has 4 rings (SSSR count). The van der Waals surface area contributed by atoms with Crippen LogP contribution in [0.25, 0.3) is 26.8 Å². The van der Waals surface area contributed by atoms with Crippen molar-refractivity contribution in [3.63, 3.8) is 0 Å². The first kappa shape index (κ1) is 15.1. The van der Waals surface area contributed by atoms with E-state index in [4.69, 9.17) is 0 Å². The maximum Gasteiger partial charge on any atom is 0.161 e. The first-order valence-corrected chi connectivity index (χ1v) is 9.41. The molecule has 0 fully saturated rings. The SMILES string of the molecule is CC(=O)c1ccccc1-n1c(-c2cccs2)ccc1-c1cccs1. The fourth-order valence-corrected chi connectivity index (χ4v) is 4.38. The van der Waals surface area contributed by atoms with E-state index in [1.165, 1.54) is 9.75 Å². The predicted molar refractivity (Wildman–Crippen MR) is 102 cm³/mol. The molecule has 0 saturated heterocycles. The third kappa shape index (κ3) is 2.54. The van der Waals surface area contributed by atoms with Crippen LogP contribution < -0.4 is 0 Å². The van der Waals surface area contributed by atoms with Crippen LogP contribution in [0.5, 0.6) is 0 Å². The highest BCUT2D eigenvalue weighted by atomic mass is 32.1. The number of hydrogen-bond acceptors (Lipinski definition) is 3. The Morgan fingerprint density at radius 3 is 1.88 bits per heavy atom. The second-order valence-corrected chi connectivity index (χ2v) is 7.36. The van der Waals surface area contributed by atoms with E-state index in [1.807, 2.05) is 24.3 Å². The molecule has 3 heterocycles. The molecule has 0 aliphatic rings. The maximum atomic E-state index is 12.1. The van der Waals surface area contributed by atoms with Crippen molar-refractivity contribution in [3.05, 3.63) is 77.0 Å². The molecule has 0 atom stereocenters. The average Bonchev–Trinajstić information content (AvgIpc) is 3.33. The molecule has 0 spiro atoms. The molecule has 0 amide bonds. The normalized spacial score (nSPS) is 10.9. The van der Waals surface area contributed by atoms with Gasteiger partial charge in [0.2, 0.25) is 0 Å². The molecule has 24 heavy (non-hydrogen) atoms. The van der Waals surface area contributed by atoms with Crippen molar-refractivity contribution < 1.29 is 4.79 Å².